The fourth-order valence-corrected chi connectivity index (χ4v) is 1.49. The van der Waals surface area contributed by atoms with Crippen LogP contribution in [0.4, 0.5) is 5.69 Å². The van der Waals surface area contributed by atoms with E-state index in [1.807, 2.05) is 0 Å². The number of ether oxygens (including phenoxy) is 2. The van der Waals surface area contributed by atoms with Crippen LogP contribution in [-0.4, -0.2) is 38.7 Å². The molecule has 0 saturated heterocycles. The number of methoxy groups -OCH3 is 2. The highest BCUT2D eigenvalue weighted by atomic mass is 35.5. The summed E-state index contributed by atoms with van der Waals surface area (Å²) in [5.74, 6) is -0.670. The second-order valence-corrected chi connectivity index (χ2v) is 4.00. The van der Waals surface area contributed by atoms with Gasteiger partial charge in [0.2, 0.25) is 5.91 Å². The number of carbonyl (C=O) groups excluding carboxylic acids is 2. The van der Waals surface area contributed by atoms with Crippen LogP contribution in [0.2, 0.25) is 0 Å². The van der Waals surface area contributed by atoms with Crippen molar-refractivity contribution in [2.75, 3.05) is 26.1 Å². The lowest BCUT2D eigenvalue weighted by atomic mass is 10.1. The Balaban J connectivity index is 0.00000361. The number of halogens is 1. The Kier molecular flexibility index (Phi) is 8.54. The summed E-state index contributed by atoms with van der Waals surface area (Å²) in [7, 11) is 2.81. The van der Waals surface area contributed by atoms with Crippen LogP contribution < -0.4 is 11.1 Å². The maximum Gasteiger partial charge on any atom is 0.309 e. The van der Waals surface area contributed by atoms with Crippen molar-refractivity contribution in [2.45, 2.75) is 12.5 Å². The molecule has 0 aliphatic carbocycles. The average Bonchev–Trinajstić information content (AvgIpc) is 2.39. The SMILES string of the molecule is COCC(N)C(=O)Nc1cccc(CC(=O)OC)c1.Cl. The molecule has 20 heavy (non-hydrogen) atoms. The van der Waals surface area contributed by atoms with Crippen LogP contribution in [0.25, 0.3) is 0 Å². The monoisotopic (exact) mass is 302 g/mol. The first-order valence-corrected chi connectivity index (χ1v) is 5.78. The van der Waals surface area contributed by atoms with Crippen molar-refractivity contribution >= 4 is 30.0 Å². The molecule has 3 N–H and O–H groups in total. The Labute approximate surface area is 124 Å². The van der Waals surface area contributed by atoms with Gasteiger partial charge in [-0.3, -0.25) is 9.59 Å². The molecule has 0 saturated carbocycles. The maximum absolute atomic E-state index is 11.7. The Bertz CT molecular complexity index is 454. The van der Waals surface area contributed by atoms with Crippen LogP contribution in [-0.2, 0) is 25.5 Å². The fourth-order valence-electron chi connectivity index (χ4n) is 1.49. The average molecular weight is 303 g/mol. The molecule has 0 bridgehead atoms. The van der Waals surface area contributed by atoms with Crippen LogP contribution in [0.5, 0.6) is 0 Å². The summed E-state index contributed by atoms with van der Waals surface area (Å²) in [6.07, 6.45) is 0.157. The number of hydrogen-bond acceptors (Lipinski definition) is 5. The third-order valence-corrected chi connectivity index (χ3v) is 2.45. The fraction of sp³-hybridized carbons (Fsp3) is 0.385. The first-order chi connectivity index (χ1) is 9.06. The first kappa shape index (κ1) is 18.4. The van der Waals surface area contributed by atoms with Gasteiger partial charge < -0.3 is 20.5 Å². The zero-order valence-corrected chi connectivity index (χ0v) is 12.2. The van der Waals surface area contributed by atoms with Gasteiger partial charge in [-0.2, -0.15) is 0 Å². The number of carbonyl (C=O) groups is 2. The highest BCUT2D eigenvalue weighted by Gasteiger charge is 2.13. The quantitative estimate of drug-likeness (QED) is 0.756. The number of rotatable bonds is 6. The summed E-state index contributed by atoms with van der Waals surface area (Å²) < 4.78 is 9.39. The molecule has 112 valence electrons. The van der Waals surface area contributed by atoms with Gasteiger partial charge >= 0.3 is 5.97 Å². The molecule has 0 aliphatic heterocycles. The van der Waals surface area contributed by atoms with Crippen molar-refractivity contribution < 1.29 is 19.1 Å². The standard InChI is InChI=1S/C13H18N2O4.ClH/c1-18-8-11(14)13(17)15-10-5-3-4-9(6-10)7-12(16)19-2;/h3-6,11H,7-8,14H2,1-2H3,(H,15,17);1H. The number of nitrogens with one attached hydrogen (secondary N) is 1. The lowest BCUT2D eigenvalue weighted by molar-refractivity contribution is -0.139. The summed E-state index contributed by atoms with van der Waals surface area (Å²) in [5.41, 5.74) is 6.94. The normalized spacial score (nSPS) is 11.2. The largest absolute Gasteiger partial charge is 0.469 e. The zero-order chi connectivity index (χ0) is 14.3. The highest BCUT2D eigenvalue weighted by Crippen LogP contribution is 2.12. The molecule has 0 spiro atoms. The molecule has 1 rings (SSSR count). The smallest absolute Gasteiger partial charge is 0.309 e. The Morgan fingerprint density at radius 3 is 2.65 bits per heavy atom. The molecule has 1 aromatic rings. The number of hydrogen-bond donors (Lipinski definition) is 2. The van der Waals surface area contributed by atoms with Gasteiger partial charge in [-0.05, 0) is 17.7 Å². The second kappa shape index (κ2) is 9.30. The molecular weight excluding hydrogens is 284 g/mol. The van der Waals surface area contributed by atoms with Gasteiger partial charge in [0.25, 0.3) is 0 Å². The van der Waals surface area contributed by atoms with Crippen molar-refractivity contribution in [3.8, 4) is 0 Å². The highest BCUT2D eigenvalue weighted by molar-refractivity contribution is 5.94. The van der Waals surface area contributed by atoms with Gasteiger partial charge in [-0.1, -0.05) is 12.1 Å². The molecular formula is C13H19ClN2O4. The van der Waals surface area contributed by atoms with E-state index in [1.54, 1.807) is 24.3 Å². The molecule has 0 aromatic heterocycles. The maximum atomic E-state index is 11.7. The van der Waals surface area contributed by atoms with E-state index in [-0.39, 0.29) is 37.3 Å². The molecule has 0 heterocycles. The minimum atomic E-state index is -0.728. The number of anilines is 1. The minimum Gasteiger partial charge on any atom is -0.469 e. The first-order valence-electron chi connectivity index (χ1n) is 5.78. The molecule has 1 atom stereocenters. The van der Waals surface area contributed by atoms with E-state index in [2.05, 4.69) is 10.1 Å². The van der Waals surface area contributed by atoms with Gasteiger partial charge in [0.15, 0.2) is 0 Å². The predicted octanol–water partition coefficient (Wildman–Crippen LogP) is 0.736. The summed E-state index contributed by atoms with van der Waals surface area (Å²) in [4.78, 5) is 22.8. The van der Waals surface area contributed by atoms with Gasteiger partial charge in [0.05, 0.1) is 20.1 Å². The van der Waals surface area contributed by atoms with E-state index in [4.69, 9.17) is 10.5 Å². The predicted molar refractivity (Wildman–Crippen MR) is 77.9 cm³/mol. The number of esters is 1. The minimum absolute atomic E-state index is 0. The molecule has 7 heteroatoms. The molecule has 0 radical (unpaired) electrons. The zero-order valence-electron chi connectivity index (χ0n) is 11.4. The van der Waals surface area contributed by atoms with Gasteiger partial charge in [0.1, 0.15) is 6.04 Å². The Morgan fingerprint density at radius 2 is 2.05 bits per heavy atom. The van der Waals surface area contributed by atoms with Crippen molar-refractivity contribution in [1.82, 2.24) is 0 Å². The van der Waals surface area contributed by atoms with Crippen molar-refractivity contribution in [3.05, 3.63) is 29.8 Å². The molecule has 0 aliphatic rings. The van der Waals surface area contributed by atoms with E-state index >= 15 is 0 Å². The lowest BCUT2D eigenvalue weighted by Crippen LogP contribution is -2.39. The Morgan fingerprint density at radius 1 is 1.35 bits per heavy atom. The topological polar surface area (TPSA) is 90.6 Å². The number of nitrogens with two attached hydrogens (primary N) is 1. The summed E-state index contributed by atoms with van der Waals surface area (Å²) in [6, 6.07) is 6.22. The lowest BCUT2D eigenvalue weighted by Gasteiger charge is -2.11. The summed E-state index contributed by atoms with van der Waals surface area (Å²) in [6.45, 7) is 0.147. The van der Waals surface area contributed by atoms with E-state index in [1.165, 1.54) is 14.2 Å². The van der Waals surface area contributed by atoms with Gasteiger partial charge in [-0.25, -0.2) is 0 Å². The van der Waals surface area contributed by atoms with Crippen molar-refractivity contribution in [2.24, 2.45) is 5.73 Å². The number of benzene rings is 1. The van der Waals surface area contributed by atoms with Crippen LogP contribution in [0, 0.1) is 0 Å². The van der Waals surface area contributed by atoms with Crippen LogP contribution >= 0.6 is 12.4 Å². The molecule has 6 nitrogen and oxygen atoms in total. The summed E-state index contributed by atoms with van der Waals surface area (Å²) >= 11 is 0. The van der Waals surface area contributed by atoms with Gasteiger partial charge in [0, 0.05) is 12.8 Å². The molecule has 0 fully saturated rings. The third kappa shape index (κ3) is 6.01. The van der Waals surface area contributed by atoms with Crippen molar-refractivity contribution in [3.63, 3.8) is 0 Å². The van der Waals surface area contributed by atoms with Crippen molar-refractivity contribution in [1.29, 1.82) is 0 Å². The number of amides is 1. The summed E-state index contributed by atoms with van der Waals surface area (Å²) in [5, 5.41) is 2.66. The molecule has 1 unspecified atom stereocenters. The van der Waals surface area contributed by atoms with Crippen LogP contribution in [0.1, 0.15) is 5.56 Å². The van der Waals surface area contributed by atoms with E-state index < -0.39 is 6.04 Å². The second-order valence-electron chi connectivity index (χ2n) is 4.00. The van der Waals surface area contributed by atoms with Crippen LogP contribution in [0.15, 0.2) is 24.3 Å². The van der Waals surface area contributed by atoms with Gasteiger partial charge in [-0.15, -0.1) is 12.4 Å². The molecule has 1 amide bonds. The van der Waals surface area contributed by atoms with Crippen LogP contribution in [0.3, 0.4) is 0 Å². The van der Waals surface area contributed by atoms with E-state index in [9.17, 15) is 9.59 Å². The van der Waals surface area contributed by atoms with E-state index in [0.717, 1.165) is 5.56 Å². The Hall–Kier alpha value is -1.63. The molecule has 1 aromatic carbocycles. The third-order valence-electron chi connectivity index (χ3n) is 2.45. The van der Waals surface area contributed by atoms with E-state index in [0.29, 0.717) is 5.69 Å².